The van der Waals surface area contributed by atoms with Crippen molar-refractivity contribution in [3.8, 4) is 0 Å². The lowest BCUT2D eigenvalue weighted by atomic mass is 9.98. The van der Waals surface area contributed by atoms with Gasteiger partial charge in [-0.1, -0.05) is 18.2 Å². The maximum absolute atomic E-state index is 12.5. The van der Waals surface area contributed by atoms with Crippen LogP contribution in [0, 0.1) is 5.92 Å². The second kappa shape index (κ2) is 5.94. The highest BCUT2D eigenvalue weighted by atomic mass is 16.3. The normalized spacial score (nSPS) is 20.1. The molecule has 1 saturated heterocycles. The van der Waals surface area contributed by atoms with Crippen LogP contribution in [0.2, 0.25) is 0 Å². The van der Waals surface area contributed by atoms with Crippen molar-refractivity contribution < 1.29 is 9.90 Å². The molecule has 0 unspecified atom stereocenters. The molecule has 0 aromatic heterocycles. The fraction of sp³-hybridized carbons (Fsp3) is 0.562. The molecule has 2 heterocycles. The zero-order valence-electron chi connectivity index (χ0n) is 11.8. The van der Waals surface area contributed by atoms with Crippen LogP contribution in [0.3, 0.4) is 0 Å². The summed E-state index contributed by atoms with van der Waals surface area (Å²) in [5, 5.41) is 9.15. The van der Waals surface area contributed by atoms with Gasteiger partial charge in [-0.25, -0.2) is 0 Å². The van der Waals surface area contributed by atoms with Gasteiger partial charge in [0, 0.05) is 18.8 Å². The van der Waals surface area contributed by atoms with Crippen molar-refractivity contribution in [2.45, 2.75) is 19.3 Å². The molecule has 1 fully saturated rings. The number of nitrogens with zero attached hydrogens (tertiary/aromatic N) is 2. The minimum atomic E-state index is 0.206. The number of piperidine rings is 1. The van der Waals surface area contributed by atoms with Crippen LogP contribution in [0.4, 0.5) is 5.69 Å². The third kappa shape index (κ3) is 2.72. The van der Waals surface area contributed by atoms with Crippen LogP contribution in [-0.2, 0) is 11.2 Å². The Morgan fingerprint density at radius 2 is 1.95 bits per heavy atom. The van der Waals surface area contributed by atoms with Gasteiger partial charge >= 0.3 is 0 Å². The first-order valence-electron chi connectivity index (χ1n) is 7.49. The molecule has 0 atom stereocenters. The molecule has 108 valence electrons. The van der Waals surface area contributed by atoms with E-state index in [-0.39, 0.29) is 12.5 Å². The first kappa shape index (κ1) is 13.6. The monoisotopic (exact) mass is 274 g/mol. The molecular formula is C16H22N2O2. The lowest BCUT2D eigenvalue weighted by molar-refractivity contribution is -0.120. The topological polar surface area (TPSA) is 43.8 Å². The van der Waals surface area contributed by atoms with Gasteiger partial charge in [0.05, 0.1) is 6.54 Å². The van der Waals surface area contributed by atoms with E-state index in [1.807, 2.05) is 23.1 Å². The SMILES string of the molecule is O=C(CN1CCC(CO)CC1)N1CCc2ccccc21. The standard InChI is InChI=1S/C16H22N2O2/c19-12-13-5-8-17(9-6-13)11-16(20)18-10-7-14-3-1-2-4-15(14)18/h1-4,13,19H,5-12H2. The van der Waals surface area contributed by atoms with E-state index in [9.17, 15) is 4.79 Å². The zero-order chi connectivity index (χ0) is 13.9. The molecule has 1 aromatic rings. The first-order chi connectivity index (χ1) is 9.78. The number of likely N-dealkylation sites (tertiary alicyclic amines) is 1. The van der Waals surface area contributed by atoms with E-state index < -0.39 is 0 Å². The van der Waals surface area contributed by atoms with Crippen molar-refractivity contribution in [2.75, 3.05) is 37.7 Å². The Labute approximate surface area is 120 Å². The molecule has 0 bridgehead atoms. The summed E-state index contributed by atoms with van der Waals surface area (Å²) in [6, 6.07) is 8.18. The maximum atomic E-state index is 12.5. The molecule has 0 aliphatic carbocycles. The summed E-state index contributed by atoms with van der Waals surface area (Å²) in [5.41, 5.74) is 2.36. The van der Waals surface area contributed by atoms with Crippen LogP contribution >= 0.6 is 0 Å². The summed E-state index contributed by atoms with van der Waals surface area (Å²) in [5.74, 6) is 0.631. The smallest absolute Gasteiger partial charge is 0.241 e. The summed E-state index contributed by atoms with van der Waals surface area (Å²) in [6.45, 7) is 3.44. The first-order valence-corrected chi connectivity index (χ1v) is 7.49. The van der Waals surface area contributed by atoms with Crippen LogP contribution < -0.4 is 4.90 Å². The van der Waals surface area contributed by atoms with Crippen LogP contribution in [0.15, 0.2) is 24.3 Å². The summed E-state index contributed by atoms with van der Waals surface area (Å²) >= 11 is 0. The largest absolute Gasteiger partial charge is 0.396 e. The second-order valence-electron chi connectivity index (χ2n) is 5.83. The molecule has 1 aromatic carbocycles. The highest BCUT2D eigenvalue weighted by molar-refractivity contribution is 5.96. The van der Waals surface area contributed by atoms with Gasteiger partial charge < -0.3 is 10.0 Å². The highest BCUT2D eigenvalue weighted by Gasteiger charge is 2.27. The Kier molecular flexibility index (Phi) is 4.03. The van der Waals surface area contributed by atoms with E-state index in [1.54, 1.807) is 0 Å². The molecule has 20 heavy (non-hydrogen) atoms. The van der Waals surface area contributed by atoms with Gasteiger partial charge in [-0.15, -0.1) is 0 Å². The molecule has 4 heteroatoms. The molecule has 4 nitrogen and oxygen atoms in total. The van der Waals surface area contributed by atoms with Gasteiger partial charge in [-0.05, 0) is 49.9 Å². The summed E-state index contributed by atoms with van der Waals surface area (Å²) < 4.78 is 0. The van der Waals surface area contributed by atoms with E-state index in [4.69, 9.17) is 5.11 Å². The molecule has 2 aliphatic heterocycles. The molecule has 0 saturated carbocycles. The molecule has 1 amide bonds. The highest BCUT2D eigenvalue weighted by Crippen LogP contribution is 2.27. The van der Waals surface area contributed by atoms with Crippen molar-refractivity contribution in [3.63, 3.8) is 0 Å². The van der Waals surface area contributed by atoms with Crippen LogP contribution in [0.25, 0.3) is 0 Å². The number of carbonyl (C=O) groups excluding carboxylic acids is 1. The number of carbonyl (C=O) groups is 1. The summed E-state index contributed by atoms with van der Waals surface area (Å²) in [6.07, 6.45) is 2.97. The lowest BCUT2D eigenvalue weighted by Gasteiger charge is -2.31. The van der Waals surface area contributed by atoms with E-state index in [2.05, 4.69) is 11.0 Å². The third-order valence-corrected chi connectivity index (χ3v) is 4.51. The van der Waals surface area contributed by atoms with Gasteiger partial charge in [0.25, 0.3) is 0 Å². The van der Waals surface area contributed by atoms with Gasteiger partial charge in [0.2, 0.25) is 5.91 Å². The number of rotatable bonds is 3. The van der Waals surface area contributed by atoms with E-state index in [1.165, 1.54) is 5.56 Å². The minimum Gasteiger partial charge on any atom is -0.396 e. The van der Waals surface area contributed by atoms with E-state index in [0.717, 1.165) is 44.6 Å². The molecule has 2 aliphatic rings. The van der Waals surface area contributed by atoms with Crippen molar-refractivity contribution in [1.29, 1.82) is 0 Å². The minimum absolute atomic E-state index is 0.206. The Morgan fingerprint density at radius 3 is 2.70 bits per heavy atom. The number of hydrogen-bond acceptors (Lipinski definition) is 3. The number of para-hydroxylation sites is 1. The Morgan fingerprint density at radius 1 is 1.20 bits per heavy atom. The van der Waals surface area contributed by atoms with Gasteiger partial charge in [-0.3, -0.25) is 9.69 Å². The summed E-state index contributed by atoms with van der Waals surface area (Å²) in [4.78, 5) is 16.6. The van der Waals surface area contributed by atoms with Crippen molar-refractivity contribution >= 4 is 11.6 Å². The quantitative estimate of drug-likeness (QED) is 0.903. The van der Waals surface area contributed by atoms with E-state index >= 15 is 0 Å². The predicted molar refractivity (Wildman–Crippen MR) is 78.7 cm³/mol. The van der Waals surface area contributed by atoms with Gasteiger partial charge in [0.1, 0.15) is 0 Å². The molecule has 0 spiro atoms. The van der Waals surface area contributed by atoms with Gasteiger partial charge in [-0.2, -0.15) is 0 Å². The molecule has 1 N–H and O–H groups in total. The van der Waals surface area contributed by atoms with Crippen molar-refractivity contribution in [3.05, 3.63) is 29.8 Å². The zero-order valence-corrected chi connectivity index (χ0v) is 11.8. The Hall–Kier alpha value is -1.39. The number of fused-ring (bicyclic) bond motifs is 1. The van der Waals surface area contributed by atoms with Crippen molar-refractivity contribution in [1.82, 2.24) is 4.90 Å². The van der Waals surface area contributed by atoms with Gasteiger partial charge in [0.15, 0.2) is 0 Å². The third-order valence-electron chi connectivity index (χ3n) is 4.51. The van der Waals surface area contributed by atoms with Crippen LogP contribution in [0.5, 0.6) is 0 Å². The number of amides is 1. The average Bonchev–Trinajstić information content (AvgIpc) is 2.92. The second-order valence-corrected chi connectivity index (χ2v) is 5.83. The number of anilines is 1. The Bertz CT molecular complexity index is 481. The number of aliphatic hydroxyl groups excluding tert-OH is 1. The van der Waals surface area contributed by atoms with E-state index in [0.29, 0.717) is 12.5 Å². The molecular weight excluding hydrogens is 252 g/mol. The Balaban J connectivity index is 1.58. The number of hydrogen-bond donors (Lipinski definition) is 1. The van der Waals surface area contributed by atoms with Crippen molar-refractivity contribution in [2.24, 2.45) is 5.92 Å². The fourth-order valence-electron chi connectivity index (χ4n) is 3.20. The number of benzene rings is 1. The van der Waals surface area contributed by atoms with Crippen LogP contribution in [0.1, 0.15) is 18.4 Å². The molecule has 0 radical (unpaired) electrons. The lowest BCUT2D eigenvalue weighted by Crippen LogP contribution is -2.43. The summed E-state index contributed by atoms with van der Waals surface area (Å²) in [7, 11) is 0. The fourth-order valence-corrected chi connectivity index (χ4v) is 3.20. The van der Waals surface area contributed by atoms with Crippen LogP contribution in [-0.4, -0.2) is 48.7 Å². The predicted octanol–water partition coefficient (Wildman–Crippen LogP) is 1.28. The molecule has 3 rings (SSSR count). The number of aliphatic hydroxyl groups is 1. The maximum Gasteiger partial charge on any atom is 0.241 e. The average molecular weight is 274 g/mol.